The van der Waals surface area contributed by atoms with E-state index in [1.807, 2.05) is 0 Å². The molecule has 108 valence electrons. The normalized spacial score (nSPS) is 16.6. The molecule has 1 aliphatic carbocycles. The van der Waals surface area contributed by atoms with Crippen molar-refractivity contribution < 1.29 is 23.5 Å². The highest BCUT2D eigenvalue weighted by atomic mass is 32.2. The molecule has 0 saturated heterocycles. The van der Waals surface area contributed by atoms with E-state index in [1.54, 1.807) is 12.1 Å². The van der Waals surface area contributed by atoms with Crippen molar-refractivity contribution in [1.29, 1.82) is 0 Å². The SMILES string of the molecule is O=C(O)C1(C(=O)Nc2ccccc2SC(F)F)CCC1. The zero-order chi connectivity index (χ0) is 14.8. The molecule has 0 atom stereocenters. The summed E-state index contributed by atoms with van der Waals surface area (Å²) in [6.45, 7) is 0. The lowest BCUT2D eigenvalue weighted by Crippen LogP contribution is -2.48. The highest BCUT2D eigenvalue weighted by Crippen LogP contribution is 2.43. The highest BCUT2D eigenvalue weighted by Gasteiger charge is 2.51. The second-order valence-corrected chi connectivity index (χ2v) is 5.60. The number of carbonyl (C=O) groups excluding carboxylic acids is 1. The van der Waals surface area contributed by atoms with E-state index in [4.69, 9.17) is 5.11 Å². The minimum atomic E-state index is -2.61. The number of alkyl halides is 2. The monoisotopic (exact) mass is 301 g/mol. The Morgan fingerprint density at radius 3 is 2.45 bits per heavy atom. The molecule has 20 heavy (non-hydrogen) atoms. The molecule has 1 saturated carbocycles. The van der Waals surface area contributed by atoms with Crippen LogP contribution in [0, 0.1) is 5.41 Å². The quantitative estimate of drug-likeness (QED) is 0.647. The average Bonchev–Trinajstić information content (AvgIpc) is 2.28. The number of hydrogen-bond acceptors (Lipinski definition) is 3. The summed E-state index contributed by atoms with van der Waals surface area (Å²) in [6, 6.07) is 6.12. The number of nitrogens with one attached hydrogen (secondary N) is 1. The predicted molar refractivity (Wildman–Crippen MR) is 70.9 cm³/mol. The van der Waals surface area contributed by atoms with Gasteiger partial charge in [0.1, 0.15) is 5.41 Å². The maximum absolute atomic E-state index is 12.4. The van der Waals surface area contributed by atoms with E-state index in [1.165, 1.54) is 12.1 Å². The second kappa shape index (κ2) is 5.78. The fourth-order valence-electron chi connectivity index (χ4n) is 2.08. The summed E-state index contributed by atoms with van der Waals surface area (Å²) in [5.74, 6) is -4.41. The minimum absolute atomic E-state index is 0.218. The van der Waals surface area contributed by atoms with Crippen molar-refractivity contribution in [2.24, 2.45) is 5.41 Å². The number of benzene rings is 1. The molecule has 0 radical (unpaired) electrons. The molecule has 0 aromatic heterocycles. The van der Waals surface area contributed by atoms with E-state index in [2.05, 4.69) is 5.32 Å². The van der Waals surface area contributed by atoms with E-state index in [0.29, 0.717) is 18.2 Å². The molecule has 1 aromatic rings. The van der Waals surface area contributed by atoms with Gasteiger partial charge >= 0.3 is 5.97 Å². The average molecular weight is 301 g/mol. The molecule has 0 unspecified atom stereocenters. The Hall–Kier alpha value is -1.63. The van der Waals surface area contributed by atoms with Gasteiger partial charge in [-0.25, -0.2) is 0 Å². The van der Waals surface area contributed by atoms with Crippen molar-refractivity contribution in [3.8, 4) is 0 Å². The third-order valence-corrected chi connectivity index (χ3v) is 4.19. The number of aliphatic carboxylic acids is 1. The first-order chi connectivity index (χ1) is 9.45. The number of thioether (sulfide) groups is 1. The molecule has 0 bridgehead atoms. The molecular formula is C13H13F2NO3S. The Morgan fingerprint density at radius 2 is 1.95 bits per heavy atom. The molecule has 4 nitrogen and oxygen atoms in total. The van der Waals surface area contributed by atoms with E-state index in [-0.39, 0.29) is 23.4 Å². The molecule has 0 heterocycles. The molecule has 1 amide bonds. The largest absolute Gasteiger partial charge is 0.480 e. The van der Waals surface area contributed by atoms with Crippen LogP contribution >= 0.6 is 11.8 Å². The van der Waals surface area contributed by atoms with Gasteiger partial charge < -0.3 is 10.4 Å². The first kappa shape index (κ1) is 14.8. The van der Waals surface area contributed by atoms with E-state index < -0.39 is 23.0 Å². The van der Waals surface area contributed by atoms with Crippen LogP contribution in [0.4, 0.5) is 14.5 Å². The summed E-state index contributed by atoms with van der Waals surface area (Å²) in [7, 11) is 0. The Morgan fingerprint density at radius 1 is 1.30 bits per heavy atom. The summed E-state index contributed by atoms with van der Waals surface area (Å²) < 4.78 is 24.9. The van der Waals surface area contributed by atoms with Gasteiger partial charge in [-0.3, -0.25) is 9.59 Å². The molecule has 2 N–H and O–H groups in total. The summed E-state index contributed by atoms with van der Waals surface area (Å²) >= 11 is 0.316. The number of amides is 1. The van der Waals surface area contributed by atoms with Crippen molar-refractivity contribution in [3.63, 3.8) is 0 Å². The molecular weight excluding hydrogens is 288 g/mol. The second-order valence-electron chi connectivity index (χ2n) is 4.57. The Bertz CT molecular complexity index is 532. The van der Waals surface area contributed by atoms with Gasteiger partial charge in [-0.15, -0.1) is 0 Å². The third-order valence-electron chi connectivity index (χ3n) is 3.40. The van der Waals surface area contributed by atoms with Crippen LogP contribution in [0.3, 0.4) is 0 Å². The van der Waals surface area contributed by atoms with Gasteiger partial charge in [-0.1, -0.05) is 30.3 Å². The zero-order valence-corrected chi connectivity index (χ0v) is 11.3. The van der Waals surface area contributed by atoms with Gasteiger partial charge in [0.2, 0.25) is 5.91 Å². The van der Waals surface area contributed by atoms with Crippen LogP contribution in [0.25, 0.3) is 0 Å². The molecule has 1 aromatic carbocycles. The third kappa shape index (κ3) is 2.77. The molecule has 1 fully saturated rings. The Labute approximate surface area is 118 Å². The zero-order valence-electron chi connectivity index (χ0n) is 10.4. The molecule has 2 rings (SSSR count). The van der Waals surface area contributed by atoms with Gasteiger partial charge in [-0.05, 0) is 25.0 Å². The van der Waals surface area contributed by atoms with E-state index >= 15 is 0 Å². The van der Waals surface area contributed by atoms with Crippen molar-refractivity contribution in [1.82, 2.24) is 0 Å². The number of carbonyl (C=O) groups is 2. The number of anilines is 1. The Kier molecular flexibility index (Phi) is 4.27. The molecule has 0 spiro atoms. The van der Waals surface area contributed by atoms with Crippen LogP contribution in [0.1, 0.15) is 19.3 Å². The first-order valence-electron chi connectivity index (χ1n) is 6.04. The smallest absolute Gasteiger partial charge is 0.319 e. The van der Waals surface area contributed by atoms with Gasteiger partial charge in [-0.2, -0.15) is 8.78 Å². The first-order valence-corrected chi connectivity index (χ1v) is 6.92. The van der Waals surface area contributed by atoms with Crippen molar-refractivity contribution in [2.45, 2.75) is 29.9 Å². The highest BCUT2D eigenvalue weighted by molar-refractivity contribution is 7.99. The number of rotatable bonds is 5. The topological polar surface area (TPSA) is 66.4 Å². The van der Waals surface area contributed by atoms with Crippen LogP contribution < -0.4 is 5.32 Å². The summed E-state index contributed by atoms with van der Waals surface area (Å²) in [6.07, 6.45) is 1.23. The number of para-hydroxylation sites is 1. The Balaban J connectivity index is 2.18. The van der Waals surface area contributed by atoms with E-state index in [9.17, 15) is 18.4 Å². The van der Waals surface area contributed by atoms with Crippen LogP contribution in [0.2, 0.25) is 0 Å². The fraction of sp³-hybridized carbons (Fsp3) is 0.385. The molecule has 0 aliphatic heterocycles. The summed E-state index contributed by atoms with van der Waals surface area (Å²) in [5, 5.41) is 11.6. The van der Waals surface area contributed by atoms with Crippen LogP contribution in [-0.4, -0.2) is 22.7 Å². The predicted octanol–water partition coefficient (Wildman–Crippen LogP) is 3.19. The maximum atomic E-state index is 12.4. The van der Waals surface area contributed by atoms with Crippen molar-refractivity contribution in [2.75, 3.05) is 5.32 Å². The minimum Gasteiger partial charge on any atom is -0.480 e. The molecule has 1 aliphatic rings. The number of carboxylic acids is 1. The van der Waals surface area contributed by atoms with Crippen molar-refractivity contribution in [3.05, 3.63) is 24.3 Å². The summed E-state index contributed by atoms with van der Waals surface area (Å²) in [4.78, 5) is 23.5. The lowest BCUT2D eigenvalue weighted by molar-refractivity contribution is -0.159. The lowest BCUT2D eigenvalue weighted by atomic mass is 9.68. The fourth-order valence-corrected chi connectivity index (χ4v) is 2.67. The van der Waals surface area contributed by atoms with Crippen LogP contribution in [0.15, 0.2) is 29.2 Å². The van der Waals surface area contributed by atoms with Gasteiger partial charge in [0.05, 0.1) is 5.69 Å². The molecule has 7 heteroatoms. The number of hydrogen-bond donors (Lipinski definition) is 2. The van der Waals surface area contributed by atoms with Gasteiger partial charge in [0.25, 0.3) is 5.76 Å². The van der Waals surface area contributed by atoms with Crippen LogP contribution in [-0.2, 0) is 9.59 Å². The van der Waals surface area contributed by atoms with Gasteiger partial charge in [0, 0.05) is 4.90 Å². The summed E-state index contributed by atoms with van der Waals surface area (Å²) in [5.41, 5.74) is -1.20. The van der Waals surface area contributed by atoms with Crippen molar-refractivity contribution >= 4 is 29.3 Å². The lowest BCUT2D eigenvalue weighted by Gasteiger charge is -2.35. The number of halogens is 2. The van der Waals surface area contributed by atoms with Gasteiger partial charge in [0.15, 0.2) is 0 Å². The number of carboxylic acid groups (broad SMARTS) is 1. The standard InChI is InChI=1S/C13H13F2NO3S/c14-12(15)20-9-5-2-1-4-8(9)16-10(17)13(11(18)19)6-3-7-13/h1-2,4-5,12H,3,6-7H2,(H,16,17)(H,18,19). The van der Waals surface area contributed by atoms with E-state index in [0.717, 1.165) is 0 Å². The maximum Gasteiger partial charge on any atom is 0.319 e. The van der Waals surface area contributed by atoms with Crippen LogP contribution in [0.5, 0.6) is 0 Å².